The third-order valence-electron chi connectivity index (χ3n) is 2.30. The van der Waals surface area contributed by atoms with Gasteiger partial charge in [-0.05, 0) is 17.0 Å². The molecule has 4 nitrogen and oxygen atoms in total. The molecular formula is C12H13Cl2NO3. The second-order valence-corrected chi connectivity index (χ2v) is 5.53. The number of primary amides is 1. The Balaban J connectivity index is 3.36. The number of carbonyl (C=O) groups excluding carboxylic acids is 2. The summed E-state index contributed by atoms with van der Waals surface area (Å²) in [6.07, 6.45) is -1.20. The maximum atomic E-state index is 11.7. The number of carbonyl (C=O) groups is 2. The Hall–Kier alpha value is -1.26. The molecule has 0 aliphatic carbocycles. The van der Waals surface area contributed by atoms with Gasteiger partial charge >= 0.3 is 12.1 Å². The van der Waals surface area contributed by atoms with E-state index in [1.165, 1.54) is 6.07 Å². The van der Waals surface area contributed by atoms with E-state index in [-0.39, 0.29) is 21.0 Å². The highest BCUT2D eigenvalue weighted by molar-refractivity contribution is 6.40. The molecule has 2 N–H and O–H groups in total. The van der Waals surface area contributed by atoms with Gasteiger partial charge in [-0.1, -0.05) is 50.0 Å². The van der Waals surface area contributed by atoms with Gasteiger partial charge in [0.1, 0.15) is 0 Å². The second-order valence-electron chi connectivity index (χ2n) is 4.74. The molecule has 0 saturated carbocycles. The summed E-state index contributed by atoms with van der Waals surface area (Å²) >= 11 is 12.0. The molecule has 0 bridgehead atoms. The number of esters is 1. The Labute approximate surface area is 115 Å². The van der Waals surface area contributed by atoms with Gasteiger partial charge in [-0.25, -0.2) is 9.59 Å². The minimum absolute atomic E-state index is 0.0513. The van der Waals surface area contributed by atoms with Gasteiger partial charge in [0, 0.05) is 0 Å². The van der Waals surface area contributed by atoms with Crippen LogP contribution in [0.5, 0.6) is 0 Å². The lowest BCUT2D eigenvalue weighted by Gasteiger charge is -2.22. The van der Waals surface area contributed by atoms with Crippen molar-refractivity contribution in [3.63, 3.8) is 0 Å². The largest absolute Gasteiger partial charge is 0.412 e. The van der Waals surface area contributed by atoms with E-state index in [4.69, 9.17) is 28.9 Å². The minimum atomic E-state index is -1.20. The molecule has 0 spiro atoms. The minimum Gasteiger partial charge on any atom is -0.373 e. The zero-order valence-corrected chi connectivity index (χ0v) is 11.7. The van der Waals surface area contributed by atoms with E-state index in [0.29, 0.717) is 0 Å². The molecule has 0 unspecified atom stereocenters. The van der Waals surface area contributed by atoms with Crippen LogP contribution in [0.2, 0.25) is 10.0 Å². The molecule has 1 aromatic rings. The third-order valence-corrected chi connectivity index (χ3v) is 3.00. The van der Waals surface area contributed by atoms with E-state index in [0.717, 1.165) is 5.56 Å². The first-order chi connectivity index (χ1) is 8.14. The Bertz CT molecular complexity index is 507. The van der Waals surface area contributed by atoms with Gasteiger partial charge in [0.2, 0.25) is 0 Å². The van der Waals surface area contributed by atoms with Gasteiger partial charge < -0.3 is 10.5 Å². The highest BCUT2D eigenvalue weighted by Crippen LogP contribution is 2.35. The van der Waals surface area contributed by atoms with E-state index in [1.54, 1.807) is 6.07 Å². The summed E-state index contributed by atoms with van der Waals surface area (Å²) in [6.45, 7) is 5.81. The first-order valence-electron chi connectivity index (χ1n) is 5.14. The number of rotatable bonds is 1. The molecule has 18 heavy (non-hydrogen) atoms. The van der Waals surface area contributed by atoms with E-state index in [2.05, 4.69) is 4.74 Å². The fourth-order valence-electron chi connectivity index (χ4n) is 1.46. The number of nitrogens with two attached hydrogens (primary N) is 1. The predicted molar refractivity (Wildman–Crippen MR) is 70.2 cm³/mol. The summed E-state index contributed by atoms with van der Waals surface area (Å²) in [4.78, 5) is 22.3. The number of hydrogen-bond donors (Lipinski definition) is 1. The van der Waals surface area contributed by atoms with Crippen molar-refractivity contribution in [1.29, 1.82) is 0 Å². The molecule has 0 saturated heterocycles. The molecule has 1 aromatic carbocycles. The lowest BCUT2D eigenvalue weighted by atomic mass is 9.86. The van der Waals surface area contributed by atoms with E-state index in [1.807, 2.05) is 20.8 Å². The van der Waals surface area contributed by atoms with Crippen LogP contribution >= 0.6 is 23.2 Å². The lowest BCUT2D eigenvalue weighted by Crippen LogP contribution is -2.20. The fourth-order valence-corrected chi connectivity index (χ4v) is 2.27. The smallest absolute Gasteiger partial charge is 0.373 e. The van der Waals surface area contributed by atoms with E-state index in [9.17, 15) is 9.59 Å². The first-order valence-corrected chi connectivity index (χ1v) is 5.90. The van der Waals surface area contributed by atoms with Gasteiger partial charge in [-0.15, -0.1) is 0 Å². The maximum Gasteiger partial charge on any atom is 0.412 e. The molecule has 0 radical (unpaired) electrons. The van der Waals surface area contributed by atoms with Crippen molar-refractivity contribution in [2.24, 2.45) is 5.73 Å². The Morgan fingerprint density at radius 2 is 1.78 bits per heavy atom. The van der Waals surface area contributed by atoms with Crippen LogP contribution in [0.25, 0.3) is 0 Å². The Kier molecular flexibility index (Phi) is 4.24. The highest BCUT2D eigenvalue weighted by Gasteiger charge is 2.25. The van der Waals surface area contributed by atoms with Crippen LogP contribution in [-0.2, 0) is 10.2 Å². The van der Waals surface area contributed by atoms with Gasteiger partial charge in [0.25, 0.3) is 0 Å². The summed E-state index contributed by atoms with van der Waals surface area (Å²) < 4.78 is 4.30. The molecule has 0 heterocycles. The average molecular weight is 290 g/mol. The standard InChI is InChI=1S/C12H13Cl2NO3/c1-12(2,3)6-4-5-7(13)8(9(6)14)10(16)18-11(15)17/h4-5H,1-3H3,(H2,15,17). The summed E-state index contributed by atoms with van der Waals surface area (Å²) in [6, 6.07) is 3.26. The van der Waals surface area contributed by atoms with E-state index >= 15 is 0 Å². The number of halogens is 2. The van der Waals surface area contributed by atoms with Crippen molar-refractivity contribution in [3.8, 4) is 0 Å². The number of benzene rings is 1. The molecule has 1 amide bonds. The highest BCUT2D eigenvalue weighted by atomic mass is 35.5. The van der Waals surface area contributed by atoms with Crippen molar-refractivity contribution in [2.45, 2.75) is 26.2 Å². The zero-order chi connectivity index (χ0) is 14.1. The molecule has 1 rings (SSSR count). The normalized spacial score (nSPS) is 11.2. The molecule has 0 aromatic heterocycles. The number of amides is 1. The molecular weight excluding hydrogens is 277 g/mol. The lowest BCUT2D eigenvalue weighted by molar-refractivity contribution is 0.0638. The fraction of sp³-hybridized carbons (Fsp3) is 0.333. The van der Waals surface area contributed by atoms with Crippen molar-refractivity contribution >= 4 is 35.3 Å². The molecule has 6 heteroatoms. The van der Waals surface area contributed by atoms with Crippen LogP contribution in [0.3, 0.4) is 0 Å². The SMILES string of the molecule is CC(C)(C)c1ccc(Cl)c(C(=O)OC(N)=O)c1Cl. The summed E-state index contributed by atoms with van der Waals surface area (Å²) in [7, 11) is 0. The first kappa shape index (κ1) is 14.8. The summed E-state index contributed by atoms with van der Waals surface area (Å²) in [5.74, 6) is -0.955. The number of hydrogen-bond acceptors (Lipinski definition) is 3. The molecule has 0 fully saturated rings. The predicted octanol–water partition coefficient (Wildman–Crippen LogP) is 3.53. The van der Waals surface area contributed by atoms with Crippen molar-refractivity contribution in [1.82, 2.24) is 0 Å². The number of ether oxygens (including phenoxy) is 1. The van der Waals surface area contributed by atoms with Crippen LogP contribution in [0.4, 0.5) is 4.79 Å². The topological polar surface area (TPSA) is 69.4 Å². The average Bonchev–Trinajstić information content (AvgIpc) is 2.13. The quantitative estimate of drug-likeness (QED) is 0.635. The van der Waals surface area contributed by atoms with E-state index < -0.39 is 12.1 Å². The second kappa shape index (κ2) is 5.16. The van der Waals surface area contributed by atoms with Gasteiger partial charge in [0.15, 0.2) is 0 Å². The maximum absolute atomic E-state index is 11.7. The van der Waals surface area contributed by atoms with Gasteiger partial charge in [-0.2, -0.15) is 0 Å². The summed E-state index contributed by atoms with van der Waals surface area (Å²) in [5, 5.41) is 0.278. The van der Waals surface area contributed by atoms with Crippen LogP contribution in [0.15, 0.2) is 12.1 Å². The Morgan fingerprint density at radius 1 is 1.22 bits per heavy atom. The third kappa shape index (κ3) is 3.15. The van der Waals surface area contributed by atoms with Crippen molar-refractivity contribution in [2.75, 3.05) is 0 Å². The zero-order valence-electron chi connectivity index (χ0n) is 10.2. The molecule has 0 aliphatic rings. The van der Waals surface area contributed by atoms with Crippen LogP contribution < -0.4 is 5.73 Å². The molecule has 98 valence electrons. The monoisotopic (exact) mass is 289 g/mol. The van der Waals surface area contributed by atoms with Crippen LogP contribution in [0, 0.1) is 0 Å². The van der Waals surface area contributed by atoms with Crippen molar-refractivity contribution < 1.29 is 14.3 Å². The summed E-state index contributed by atoms with van der Waals surface area (Å²) in [5.41, 5.74) is 5.19. The van der Waals surface area contributed by atoms with Crippen molar-refractivity contribution in [3.05, 3.63) is 33.3 Å². The van der Waals surface area contributed by atoms with Gasteiger partial charge in [-0.3, -0.25) is 0 Å². The molecule has 0 aliphatic heterocycles. The van der Waals surface area contributed by atoms with Crippen LogP contribution in [0.1, 0.15) is 36.7 Å². The van der Waals surface area contributed by atoms with Gasteiger partial charge in [0.05, 0.1) is 15.6 Å². The van der Waals surface area contributed by atoms with Crippen LogP contribution in [-0.4, -0.2) is 12.1 Å². The Morgan fingerprint density at radius 3 is 2.22 bits per heavy atom. The molecule has 0 atom stereocenters.